The third-order valence-corrected chi connectivity index (χ3v) is 5.05. The van der Waals surface area contributed by atoms with Crippen LogP contribution in [-0.2, 0) is 27.4 Å². The van der Waals surface area contributed by atoms with Crippen molar-refractivity contribution in [3.8, 4) is 5.75 Å². The molecule has 2 aromatic carbocycles. The van der Waals surface area contributed by atoms with Crippen LogP contribution in [0.5, 0.6) is 5.75 Å². The van der Waals surface area contributed by atoms with Crippen LogP contribution in [0.4, 0.5) is 0 Å². The number of primary amides is 1. The minimum absolute atomic E-state index is 0.121. The molecule has 2 unspecified atom stereocenters. The Morgan fingerprint density at radius 2 is 1.61 bits per heavy atom. The molecule has 0 aliphatic carbocycles. The molecule has 0 aliphatic heterocycles. The van der Waals surface area contributed by atoms with Crippen molar-refractivity contribution >= 4 is 17.7 Å². The van der Waals surface area contributed by atoms with Gasteiger partial charge in [0.1, 0.15) is 18.4 Å². The van der Waals surface area contributed by atoms with Gasteiger partial charge in [0.15, 0.2) is 0 Å². The number of carbonyl (C=O) groups excluding carboxylic acids is 3. The zero-order valence-electron chi connectivity index (χ0n) is 19.9. The number of hydrogen-bond donors (Lipinski definition) is 3. The Morgan fingerprint density at radius 1 is 0.970 bits per heavy atom. The van der Waals surface area contributed by atoms with Gasteiger partial charge >= 0.3 is 0 Å². The molecule has 0 aliphatic rings. The molecule has 0 saturated carbocycles. The monoisotopic (exact) mass is 453 g/mol. The Labute approximate surface area is 196 Å². The maximum atomic E-state index is 12.8. The minimum atomic E-state index is -0.739. The van der Waals surface area contributed by atoms with E-state index >= 15 is 0 Å². The van der Waals surface area contributed by atoms with Gasteiger partial charge in [-0.15, -0.1) is 0 Å². The van der Waals surface area contributed by atoms with Gasteiger partial charge in [-0.1, -0.05) is 49.4 Å². The van der Waals surface area contributed by atoms with Gasteiger partial charge in [-0.3, -0.25) is 14.4 Å². The van der Waals surface area contributed by atoms with E-state index in [4.69, 9.17) is 10.5 Å². The Morgan fingerprint density at radius 3 is 2.18 bits per heavy atom. The summed E-state index contributed by atoms with van der Waals surface area (Å²) in [7, 11) is 0. The van der Waals surface area contributed by atoms with Crippen LogP contribution < -0.4 is 21.1 Å². The SMILES string of the molecule is CC(CCC(=O)NC(Cc1ccc(OCc2ccccc2)cc1)C(=O)NC(C)(C)C)C(N)=O. The predicted molar refractivity (Wildman–Crippen MR) is 128 cm³/mol. The third-order valence-electron chi connectivity index (χ3n) is 5.05. The summed E-state index contributed by atoms with van der Waals surface area (Å²) in [5, 5.41) is 5.73. The van der Waals surface area contributed by atoms with Crippen molar-refractivity contribution in [1.29, 1.82) is 0 Å². The molecule has 33 heavy (non-hydrogen) atoms. The molecule has 0 heterocycles. The molecule has 0 bridgehead atoms. The van der Waals surface area contributed by atoms with Crippen LogP contribution >= 0.6 is 0 Å². The van der Waals surface area contributed by atoms with Crippen LogP contribution in [0, 0.1) is 5.92 Å². The fourth-order valence-electron chi connectivity index (χ4n) is 3.12. The highest BCUT2D eigenvalue weighted by Gasteiger charge is 2.25. The second-order valence-corrected chi connectivity index (χ2v) is 9.32. The molecular weight excluding hydrogens is 418 g/mol. The molecule has 2 rings (SSSR count). The number of hydrogen-bond acceptors (Lipinski definition) is 4. The Bertz CT molecular complexity index is 921. The smallest absolute Gasteiger partial charge is 0.243 e. The minimum Gasteiger partial charge on any atom is -0.489 e. The highest BCUT2D eigenvalue weighted by molar-refractivity contribution is 5.88. The van der Waals surface area contributed by atoms with E-state index in [-0.39, 0.29) is 18.2 Å². The molecule has 178 valence electrons. The summed E-state index contributed by atoms with van der Waals surface area (Å²) in [6.07, 6.45) is 0.788. The molecule has 2 aromatic rings. The van der Waals surface area contributed by atoms with Crippen molar-refractivity contribution < 1.29 is 19.1 Å². The number of amides is 3. The number of nitrogens with one attached hydrogen (secondary N) is 2. The van der Waals surface area contributed by atoms with E-state index < -0.39 is 23.4 Å². The normalized spacial score (nSPS) is 13.0. The number of nitrogens with two attached hydrogens (primary N) is 1. The predicted octanol–water partition coefficient (Wildman–Crippen LogP) is 3.11. The standard InChI is InChI=1S/C26H35N3O4/c1-18(24(27)31)10-15-23(30)28-22(25(32)29-26(2,3)4)16-19-11-13-21(14-12-19)33-17-20-8-6-5-7-9-20/h5-9,11-14,18,22H,10,15-17H2,1-4H3,(H2,27,31)(H,28,30)(H,29,32). The number of ether oxygens (including phenoxy) is 1. The zero-order valence-corrected chi connectivity index (χ0v) is 19.9. The van der Waals surface area contributed by atoms with E-state index in [9.17, 15) is 14.4 Å². The fraction of sp³-hybridized carbons (Fsp3) is 0.423. The largest absolute Gasteiger partial charge is 0.489 e. The van der Waals surface area contributed by atoms with Crippen LogP contribution in [0.2, 0.25) is 0 Å². The van der Waals surface area contributed by atoms with Crippen molar-refractivity contribution in [2.75, 3.05) is 0 Å². The topological polar surface area (TPSA) is 111 Å². The Hall–Kier alpha value is -3.35. The molecule has 0 spiro atoms. The van der Waals surface area contributed by atoms with Gasteiger partial charge in [0.2, 0.25) is 17.7 Å². The summed E-state index contributed by atoms with van der Waals surface area (Å²) in [5.74, 6) is -0.675. The number of rotatable bonds is 11. The highest BCUT2D eigenvalue weighted by atomic mass is 16.5. The van der Waals surface area contributed by atoms with Crippen LogP contribution in [0.25, 0.3) is 0 Å². The van der Waals surface area contributed by atoms with Gasteiger partial charge in [0.05, 0.1) is 0 Å². The van der Waals surface area contributed by atoms with Crippen molar-refractivity contribution in [3.63, 3.8) is 0 Å². The maximum absolute atomic E-state index is 12.8. The highest BCUT2D eigenvalue weighted by Crippen LogP contribution is 2.16. The molecule has 0 fully saturated rings. The van der Waals surface area contributed by atoms with E-state index in [1.54, 1.807) is 6.92 Å². The van der Waals surface area contributed by atoms with Gasteiger partial charge in [0, 0.05) is 24.3 Å². The maximum Gasteiger partial charge on any atom is 0.243 e. The summed E-state index contributed by atoms with van der Waals surface area (Å²) in [4.78, 5) is 36.5. The number of benzene rings is 2. The van der Waals surface area contributed by atoms with Crippen LogP contribution in [0.1, 0.15) is 51.7 Å². The first-order valence-electron chi connectivity index (χ1n) is 11.2. The molecule has 4 N–H and O–H groups in total. The lowest BCUT2D eigenvalue weighted by molar-refractivity contribution is -0.130. The zero-order chi connectivity index (χ0) is 24.4. The van der Waals surface area contributed by atoms with Gasteiger partial charge in [0.25, 0.3) is 0 Å². The second kappa shape index (κ2) is 12.0. The van der Waals surface area contributed by atoms with E-state index in [1.165, 1.54) is 0 Å². The first kappa shape index (κ1) is 25.9. The summed E-state index contributed by atoms with van der Waals surface area (Å²) in [6.45, 7) is 7.81. The molecule has 0 radical (unpaired) electrons. The molecule has 0 aromatic heterocycles. The van der Waals surface area contributed by atoms with Crippen molar-refractivity contribution in [1.82, 2.24) is 10.6 Å². The van der Waals surface area contributed by atoms with E-state index in [0.717, 1.165) is 16.9 Å². The quantitative estimate of drug-likeness (QED) is 0.485. The lowest BCUT2D eigenvalue weighted by atomic mass is 10.0. The lowest BCUT2D eigenvalue weighted by Gasteiger charge is -2.26. The van der Waals surface area contributed by atoms with Gasteiger partial charge < -0.3 is 21.1 Å². The summed E-state index contributed by atoms with van der Waals surface area (Å²) in [6, 6.07) is 16.6. The van der Waals surface area contributed by atoms with E-state index in [0.29, 0.717) is 19.4 Å². The van der Waals surface area contributed by atoms with Gasteiger partial charge in [-0.05, 0) is 50.5 Å². The first-order valence-corrected chi connectivity index (χ1v) is 11.2. The van der Waals surface area contributed by atoms with Crippen molar-refractivity contribution in [2.24, 2.45) is 11.7 Å². The van der Waals surface area contributed by atoms with Crippen molar-refractivity contribution in [2.45, 2.75) is 65.1 Å². The lowest BCUT2D eigenvalue weighted by Crippen LogP contribution is -2.53. The van der Waals surface area contributed by atoms with E-state index in [1.807, 2.05) is 75.4 Å². The van der Waals surface area contributed by atoms with Crippen LogP contribution in [0.15, 0.2) is 54.6 Å². The Balaban J connectivity index is 2.01. The third kappa shape index (κ3) is 9.76. The summed E-state index contributed by atoms with van der Waals surface area (Å²) < 4.78 is 5.82. The van der Waals surface area contributed by atoms with Gasteiger partial charge in [-0.2, -0.15) is 0 Å². The average molecular weight is 454 g/mol. The number of carbonyl (C=O) groups is 3. The molecule has 7 heteroatoms. The van der Waals surface area contributed by atoms with Crippen LogP contribution in [-0.4, -0.2) is 29.3 Å². The van der Waals surface area contributed by atoms with Crippen molar-refractivity contribution in [3.05, 3.63) is 65.7 Å². The molecule has 7 nitrogen and oxygen atoms in total. The van der Waals surface area contributed by atoms with E-state index in [2.05, 4.69) is 10.6 Å². The summed E-state index contributed by atoms with van der Waals surface area (Å²) in [5.41, 5.74) is 6.80. The second-order valence-electron chi connectivity index (χ2n) is 9.32. The molecule has 2 atom stereocenters. The molecule has 3 amide bonds. The Kier molecular flexibility index (Phi) is 9.45. The van der Waals surface area contributed by atoms with Gasteiger partial charge in [-0.25, -0.2) is 0 Å². The fourth-order valence-corrected chi connectivity index (χ4v) is 3.12. The van der Waals surface area contributed by atoms with Crippen LogP contribution in [0.3, 0.4) is 0 Å². The first-order chi connectivity index (χ1) is 15.5. The molecule has 0 saturated heterocycles. The average Bonchev–Trinajstić information content (AvgIpc) is 2.76. The summed E-state index contributed by atoms with van der Waals surface area (Å²) >= 11 is 0. The molecular formula is C26H35N3O4.